The second-order valence-corrected chi connectivity index (χ2v) is 17.7. The average Bonchev–Trinajstić information content (AvgIpc) is 3.18. The lowest BCUT2D eigenvalue weighted by Gasteiger charge is -2.51. The Morgan fingerprint density at radius 3 is 2.67 bits per heavy atom. The Kier molecular flexibility index (Phi) is 9.99. The number of hydrogen-bond donors (Lipinski definition) is 2. The number of benzene rings is 2. The van der Waals surface area contributed by atoms with E-state index in [0.717, 1.165) is 42.8 Å². The number of sulfonamides is 1. The number of halogens is 1. The predicted octanol–water partition coefficient (Wildman–Crippen LogP) is 6.68. The van der Waals surface area contributed by atoms with Gasteiger partial charge in [-0.05, 0) is 111 Å². The van der Waals surface area contributed by atoms with E-state index in [4.69, 9.17) is 21.1 Å². The third kappa shape index (κ3) is 6.64. The van der Waals surface area contributed by atoms with Crippen molar-refractivity contribution >= 4 is 33.2 Å². The van der Waals surface area contributed by atoms with Crippen LogP contribution in [0.3, 0.4) is 0 Å². The Morgan fingerprint density at radius 2 is 1.96 bits per heavy atom. The molecule has 0 radical (unpaired) electrons. The molecule has 8 nitrogen and oxygen atoms in total. The van der Waals surface area contributed by atoms with Gasteiger partial charge in [0.2, 0.25) is 10.0 Å². The minimum Gasteiger partial charge on any atom is -0.490 e. The van der Waals surface area contributed by atoms with Gasteiger partial charge in [0.15, 0.2) is 0 Å². The Balaban J connectivity index is 1.46. The first kappa shape index (κ1) is 35.2. The Hall–Kier alpha value is -2.59. The van der Waals surface area contributed by atoms with E-state index in [2.05, 4.69) is 27.8 Å². The third-order valence-corrected chi connectivity index (χ3v) is 14.1. The second-order valence-electron chi connectivity index (χ2n) is 15.2. The Morgan fingerprint density at radius 1 is 1.17 bits per heavy atom. The quantitative estimate of drug-likeness (QED) is 0.344. The van der Waals surface area contributed by atoms with Crippen molar-refractivity contribution in [3.8, 4) is 5.75 Å². The molecule has 2 bridgehead atoms. The van der Waals surface area contributed by atoms with Crippen LogP contribution < -0.4 is 14.4 Å². The maximum absolute atomic E-state index is 13.5. The number of methoxy groups -OCH3 is 1. The van der Waals surface area contributed by atoms with Gasteiger partial charge in [-0.15, -0.1) is 0 Å². The summed E-state index contributed by atoms with van der Waals surface area (Å²) in [6.45, 7) is 9.45. The lowest BCUT2D eigenvalue weighted by atomic mass is 9.62. The van der Waals surface area contributed by atoms with Gasteiger partial charge in [0, 0.05) is 42.6 Å². The molecule has 2 aromatic carbocycles. The molecule has 2 heterocycles. The highest BCUT2D eigenvalue weighted by atomic mass is 35.5. The summed E-state index contributed by atoms with van der Waals surface area (Å²) in [4.78, 5) is 15.9. The molecule has 4 aliphatic rings. The molecule has 1 fully saturated rings. The molecule has 2 aliphatic carbocycles. The fraction of sp³-hybridized carbons (Fsp3) is 0.605. The summed E-state index contributed by atoms with van der Waals surface area (Å²) >= 11 is 6.45. The highest BCUT2D eigenvalue weighted by Crippen LogP contribution is 2.50. The van der Waals surface area contributed by atoms with Gasteiger partial charge in [0.05, 0.1) is 29.2 Å². The van der Waals surface area contributed by atoms with Crippen molar-refractivity contribution in [3.63, 3.8) is 0 Å². The van der Waals surface area contributed by atoms with Crippen LogP contribution in [0, 0.1) is 23.7 Å². The molecule has 1 saturated carbocycles. The summed E-state index contributed by atoms with van der Waals surface area (Å²) in [6.07, 6.45) is 9.41. The summed E-state index contributed by atoms with van der Waals surface area (Å²) in [5.41, 5.74) is 2.57. The minimum atomic E-state index is -3.97. The third-order valence-electron chi connectivity index (χ3n) is 11.9. The van der Waals surface area contributed by atoms with Crippen LogP contribution >= 0.6 is 11.6 Å². The van der Waals surface area contributed by atoms with E-state index in [9.17, 15) is 18.3 Å². The van der Waals surface area contributed by atoms with Crippen molar-refractivity contribution in [1.29, 1.82) is 0 Å². The predicted molar refractivity (Wildman–Crippen MR) is 190 cm³/mol. The number of aryl methyl sites for hydroxylation is 1. The number of nitrogens with zero attached hydrogens (tertiary/aromatic N) is 1. The Labute approximate surface area is 291 Å². The molecule has 262 valence electrons. The van der Waals surface area contributed by atoms with E-state index in [1.54, 1.807) is 26.2 Å². The fourth-order valence-corrected chi connectivity index (χ4v) is 9.92. The van der Waals surface area contributed by atoms with E-state index in [-0.39, 0.29) is 34.7 Å². The van der Waals surface area contributed by atoms with Gasteiger partial charge in [-0.25, -0.2) is 13.1 Å². The van der Waals surface area contributed by atoms with Gasteiger partial charge < -0.3 is 19.5 Å². The summed E-state index contributed by atoms with van der Waals surface area (Å²) in [7, 11) is -2.24. The van der Waals surface area contributed by atoms with Crippen LogP contribution in [0.2, 0.25) is 5.02 Å². The van der Waals surface area contributed by atoms with E-state index in [0.29, 0.717) is 38.3 Å². The normalized spacial score (nSPS) is 33.0. The number of nitrogens with one attached hydrogen (secondary N) is 1. The number of amides is 1. The van der Waals surface area contributed by atoms with Gasteiger partial charge in [-0.3, -0.25) is 4.79 Å². The lowest BCUT2D eigenvalue weighted by molar-refractivity contribution is -0.103. The number of anilines is 1. The minimum absolute atomic E-state index is 0.0600. The first-order chi connectivity index (χ1) is 22.8. The molecule has 2 aliphatic heterocycles. The van der Waals surface area contributed by atoms with Gasteiger partial charge >= 0.3 is 0 Å². The van der Waals surface area contributed by atoms with Gasteiger partial charge in [0.1, 0.15) is 5.75 Å². The summed E-state index contributed by atoms with van der Waals surface area (Å²) < 4.78 is 42.3. The van der Waals surface area contributed by atoms with E-state index in [1.165, 1.54) is 11.1 Å². The lowest BCUT2D eigenvalue weighted by Crippen LogP contribution is -2.54. The number of carbonyl (C=O) groups is 1. The molecule has 1 amide bonds. The van der Waals surface area contributed by atoms with Crippen molar-refractivity contribution in [2.45, 2.75) is 95.0 Å². The van der Waals surface area contributed by atoms with Crippen LogP contribution in [-0.2, 0) is 26.6 Å². The van der Waals surface area contributed by atoms with Crippen LogP contribution in [0.25, 0.3) is 0 Å². The second kappa shape index (κ2) is 13.6. The standard InChI is InChI=1S/C38H51ClN2O6S/c1-24(2)34(42)20-38(46-5)17-6-8-25(3)26(4)48(44,45)40-36(43)28-11-15-35-33(19-28)41(21-29-10-13-32(29)38)22-37(23-47-35)16-7-9-27-18-30(39)12-14-31(27)37/h6,11-12,14-15,17-19,24-26,29,32,34,42H,7-10,13,16,20-23H2,1-5H3,(H,40,43)/b17-6+/t25-,26+,29-,32+,34-,37-,38+/m0/s1. The maximum atomic E-state index is 13.5. The number of aliphatic hydroxyl groups excluding tert-OH is 1. The van der Waals surface area contributed by atoms with Crippen molar-refractivity contribution < 1.29 is 27.8 Å². The van der Waals surface area contributed by atoms with E-state index in [1.807, 2.05) is 39.0 Å². The van der Waals surface area contributed by atoms with Crippen LogP contribution in [0.5, 0.6) is 5.75 Å². The Bertz CT molecular complexity index is 1660. The van der Waals surface area contributed by atoms with Crippen LogP contribution in [-0.4, -0.2) is 63.2 Å². The largest absolute Gasteiger partial charge is 0.490 e. The summed E-state index contributed by atoms with van der Waals surface area (Å²) in [5.74, 6) is 0.237. The highest BCUT2D eigenvalue weighted by molar-refractivity contribution is 7.90. The van der Waals surface area contributed by atoms with E-state index < -0.39 is 32.9 Å². The fourth-order valence-electron chi connectivity index (χ4n) is 8.44. The van der Waals surface area contributed by atoms with Crippen LogP contribution in [0.4, 0.5) is 5.69 Å². The van der Waals surface area contributed by atoms with Crippen molar-refractivity contribution in [2.24, 2.45) is 23.7 Å². The molecular weight excluding hydrogens is 648 g/mol. The number of hydrogen-bond acceptors (Lipinski definition) is 7. The molecule has 10 heteroatoms. The molecule has 0 unspecified atom stereocenters. The number of allylic oxidation sites excluding steroid dienone is 1. The number of ether oxygens (including phenoxy) is 2. The molecular formula is C38H51ClN2O6S. The van der Waals surface area contributed by atoms with Crippen molar-refractivity contribution in [1.82, 2.24) is 4.72 Å². The number of rotatable bonds is 4. The summed E-state index contributed by atoms with van der Waals surface area (Å²) in [6, 6.07) is 11.5. The monoisotopic (exact) mass is 698 g/mol. The molecule has 7 atom stereocenters. The van der Waals surface area contributed by atoms with Crippen LogP contribution in [0.1, 0.15) is 87.7 Å². The SMILES string of the molecule is CO[C@@]1(C[C@H](O)C(C)C)/C=C/C[C@H](C)[C@@H](C)S(=O)(=O)NC(=O)c2ccc3c(c2)N(C[C@@H]2CC[C@H]21)C[C@@]1(CCCc2cc(Cl)ccc21)CO3. The van der Waals surface area contributed by atoms with Gasteiger partial charge in [0.25, 0.3) is 5.91 Å². The molecule has 2 aromatic rings. The maximum Gasteiger partial charge on any atom is 0.264 e. The number of carbonyl (C=O) groups excluding carboxylic acids is 1. The molecule has 1 spiro atoms. The first-order valence-corrected chi connectivity index (χ1v) is 19.5. The molecule has 48 heavy (non-hydrogen) atoms. The van der Waals surface area contributed by atoms with Gasteiger partial charge in [-0.1, -0.05) is 50.6 Å². The summed E-state index contributed by atoms with van der Waals surface area (Å²) in [5, 5.41) is 11.1. The van der Waals surface area contributed by atoms with Crippen LogP contribution in [0.15, 0.2) is 48.6 Å². The van der Waals surface area contributed by atoms with Crippen molar-refractivity contribution in [3.05, 3.63) is 70.3 Å². The van der Waals surface area contributed by atoms with Gasteiger partial charge in [-0.2, -0.15) is 0 Å². The number of aliphatic hydroxyl groups is 1. The first-order valence-electron chi connectivity index (χ1n) is 17.5. The molecule has 2 N–H and O–H groups in total. The highest BCUT2D eigenvalue weighted by Gasteiger charge is 2.50. The molecule has 0 aromatic heterocycles. The zero-order chi connectivity index (χ0) is 34.4. The zero-order valence-corrected chi connectivity index (χ0v) is 30.4. The van der Waals surface area contributed by atoms with Crippen molar-refractivity contribution in [2.75, 3.05) is 31.7 Å². The zero-order valence-electron chi connectivity index (χ0n) is 28.9. The smallest absolute Gasteiger partial charge is 0.264 e. The topological polar surface area (TPSA) is 105 Å². The number of fused-ring (bicyclic) bond motifs is 4. The average molecular weight is 699 g/mol. The molecule has 0 saturated heterocycles. The molecule has 6 rings (SSSR count). The van der Waals surface area contributed by atoms with E-state index >= 15 is 0 Å².